The largest absolute Gasteiger partial charge is 0.369 e. The Morgan fingerprint density at radius 1 is 1.14 bits per heavy atom. The maximum Gasteiger partial charge on any atom is 0.287 e. The van der Waals surface area contributed by atoms with Crippen LogP contribution in [-0.4, -0.2) is 22.9 Å². The average molecular weight is 362 g/mol. The summed E-state index contributed by atoms with van der Waals surface area (Å²) in [5, 5.41) is 4.37. The van der Waals surface area contributed by atoms with E-state index in [2.05, 4.69) is 39.8 Å². The third kappa shape index (κ3) is 2.95. The number of aromatic nitrogens is 2. The van der Waals surface area contributed by atoms with E-state index < -0.39 is 0 Å². The maximum absolute atomic E-state index is 12.6. The van der Waals surface area contributed by atoms with E-state index >= 15 is 0 Å². The summed E-state index contributed by atoms with van der Waals surface area (Å²) in [5.41, 5.74) is 1.56. The summed E-state index contributed by atoms with van der Waals surface area (Å²) in [7, 11) is 0. The Balaban J connectivity index is 1.98. The van der Waals surface area contributed by atoms with Crippen molar-refractivity contribution in [1.82, 2.24) is 9.78 Å². The number of piperidine rings is 1. The molecule has 1 fully saturated rings. The second-order valence-electron chi connectivity index (χ2n) is 6.25. The molecule has 2 aromatic rings. The Hall–Kier alpha value is -1.62. The number of halogens is 1. The van der Waals surface area contributed by atoms with Gasteiger partial charge in [0.05, 0.1) is 17.6 Å². The van der Waals surface area contributed by atoms with Gasteiger partial charge in [-0.2, -0.15) is 9.78 Å². The number of para-hydroxylation sites is 1. The Morgan fingerprint density at radius 3 is 2.41 bits per heavy atom. The van der Waals surface area contributed by atoms with Gasteiger partial charge >= 0.3 is 0 Å². The standard InChI is InChI=1S/C17H20BrN3O/c1-12-8-13(2)11-20(10-12)15-9-19-21(17(22)16(15)18)14-6-4-3-5-7-14/h3-7,9,12-13H,8,10-11H2,1-2H3/t12-,13-/m0/s1. The smallest absolute Gasteiger partial charge is 0.287 e. The number of benzene rings is 1. The van der Waals surface area contributed by atoms with E-state index in [1.54, 1.807) is 6.20 Å². The normalized spacial score (nSPS) is 21.9. The van der Waals surface area contributed by atoms with Gasteiger partial charge in [-0.3, -0.25) is 4.79 Å². The topological polar surface area (TPSA) is 38.1 Å². The summed E-state index contributed by atoms with van der Waals surface area (Å²) in [5.74, 6) is 1.26. The van der Waals surface area contributed by atoms with Crippen LogP contribution in [0.5, 0.6) is 0 Å². The van der Waals surface area contributed by atoms with E-state index in [4.69, 9.17) is 0 Å². The lowest BCUT2D eigenvalue weighted by Crippen LogP contribution is -2.40. The van der Waals surface area contributed by atoms with E-state index in [0.29, 0.717) is 16.3 Å². The first-order valence-corrected chi connectivity index (χ1v) is 8.43. The molecule has 1 aliphatic heterocycles. The van der Waals surface area contributed by atoms with E-state index in [-0.39, 0.29) is 5.56 Å². The van der Waals surface area contributed by atoms with Gasteiger partial charge in [-0.25, -0.2) is 0 Å². The number of rotatable bonds is 2. The maximum atomic E-state index is 12.6. The third-order valence-electron chi connectivity index (χ3n) is 4.11. The molecule has 3 rings (SSSR count). The van der Waals surface area contributed by atoms with Crippen LogP contribution in [0, 0.1) is 11.8 Å². The van der Waals surface area contributed by atoms with Crippen LogP contribution in [0.2, 0.25) is 0 Å². The first kappa shape index (κ1) is 15.3. The van der Waals surface area contributed by atoms with E-state index in [9.17, 15) is 4.79 Å². The lowest BCUT2D eigenvalue weighted by molar-refractivity contribution is 0.356. The minimum atomic E-state index is -0.116. The molecule has 0 spiro atoms. The second-order valence-corrected chi connectivity index (χ2v) is 7.04. The van der Waals surface area contributed by atoms with Gasteiger partial charge in [0.1, 0.15) is 4.47 Å². The number of hydrogen-bond donors (Lipinski definition) is 0. The van der Waals surface area contributed by atoms with E-state index in [0.717, 1.165) is 24.5 Å². The first-order valence-electron chi connectivity index (χ1n) is 7.64. The van der Waals surface area contributed by atoms with Crippen molar-refractivity contribution in [2.45, 2.75) is 20.3 Å². The molecule has 1 aromatic heterocycles. The summed E-state index contributed by atoms with van der Waals surface area (Å²) in [6.45, 7) is 6.46. The fourth-order valence-electron chi connectivity index (χ4n) is 3.26. The van der Waals surface area contributed by atoms with Crippen LogP contribution < -0.4 is 10.5 Å². The van der Waals surface area contributed by atoms with Crippen LogP contribution in [0.1, 0.15) is 20.3 Å². The summed E-state index contributed by atoms with van der Waals surface area (Å²) < 4.78 is 2.03. The third-order valence-corrected chi connectivity index (χ3v) is 4.86. The van der Waals surface area contributed by atoms with Gasteiger partial charge < -0.3 is 4.90 Å². The molecule has 0 unspecified atom stereocenters. The van der Waals surface area contributed by atoms with Crippen molar-refractivity contribution in [2.75, 3.05) is 18.0 Å². The van der Waals surface area contributed by atoms with Crippen LogP contribution in [-0.2, 0) is 0 Å². The van der Waals surface area contributed by atoms with Crippen molar-refractivity contribution in [2.24, 2.45) is 11.8 Å². The predicted octanol–water partition coefficient (Wildman–Crippen LogP) is 3.48. The fraction of sp³-hybridized carbons (Fsp3) is 0.412. The van der Waals surface area contributed by atoms with Crippen molar-refractivity contribution >= 4 is 21.6 Å². The highest BCUT2D eigenvalue weighted by Crippen LogP contribution is 2.29. The molecule has 2 heterocycles. The molecule has 0 bridgehead atoms. The van der Waals surface area contributed by atoms with Gasteiger partial charge in [0.25, 0.3) is 5.56 Å². The van der Waals surface area contributed by atoms with Crippen molar-refractivity contribution in [3.8, 4) is 5.69 Å². The fourth-order valence-corrected chi connectivity index (χ4v) is 3.78. The van der Waals surface area contributed by atoms with Crippen molar-refractivity contribution < 1.29 is 0 Å². The zero-order valence-electron chi connectivity index (χ0n) is 12.9. The van der Waals surface area contributed by atoms with Crippen LogP contribution in [0.15, 0.2) is 45.8 Å². The summed E-state index contributed by atoms with van der Waals surface area (Å²) >= 11 is 3.49. The highest BCUT2D eigenvalue weighted by Gasteiger charge is 2.24. The molecule has 0 amide bonds. The quantitative estimate of drug-likeness (QED) is 0.821. The molecule has 2 atom stereocenters. The molecule has 1 aliphatic rings. The Morgan fingerprint density at radius 2 is 1.77 bits per heavy atom. The minimum absolute atomic E-state index is 0.116. The van der Waals surface area contributed by atoms with Gasteiger partial charge in [-0.05, 0) is 46.3 Å². The highest BCUT2D eigenvalue weighted by atomic mass is 79.9. The molecular weight excluding hydrogens is 342 g/mol. The van der Waals surface area contributed by atoms with Crippen molar-refractivity contribution in [3.63, 3.8) is 0 Å². The monoisotopic (exact) mass is 361 g/mol. The second kappa shape index (κ2) is 6.24. The Labute approximate surface area is 138 Å². The van der Waals surface area contributed by atoms with Crippen LogP contribution in [0.3, 0.4) is 0 Å². The molecule has 0 aliphatic carbocycles. The van der Waals surface area contributed by atoms with E-state index in [1.807, 2.05) is 30.3 Å². The summed E-state index contributed by atoms with van der Waals surface area (Å²) in [6, 6.07) is 9.49. The summed E-state index contributed by atoms with van der Waals surface area (Å²) in [6.07, 6.45) is 3.03. The van der Waals surface area contributed by atoms with Crippen molar-refractivity contribution in [3.05, 3.63) is 51.4 Å². The SMILES string of the molecule is C[C@H]1C[C@H](C)CN(c2cnn(-c3ccccc3)c(=O)c2Br)C1. The molecule has 0 N–H and O–H groups in total. The Kier molecular flexibility index (Phi) is 4.34. The summed E-state index contributed by atoms with van der Waals surface area (Å²) in [4.78, 5) is 14.9. The zero-order chi connectivity index (χ0) is 15.7. The Bertz CT molecular complexity index is 704. The number of hydrogen-bond acceptors (Lipinski definition) is 3. The molecule has 22 heavy (non-hydrogen) atoms. The molecular formula is C17H20BrN3O. The van der Waals surface area contributed by atoms with E-state index in [1.165, 1.54) is 11.1 Å². The molecule has 5 heteroatoms. The number of nitrogens with zero attached hydrogens (tertiary/aromatic N) is 3. The van der Waals surface area contributed by atoms with Crippen LogP contribution in [0.4, 0.5) is 5.69 Å². The van der Waals surface area contributed by atoms with Gasteiger partial charge in [-0.15, -0.1) is 0 Å². The van der Waals surface area contributed by atoms with Crippen LogP contribution >= 0.6 is 15.9 Å². The van der Waals surface area contributed by atoms with Gasteiger partial charge in [0.15, 0.2) is 0 Å². The molecule has 0 saturated carbocycles. The lowest BCUT2D eigenvalue weighted by atomic mass is 9.92. The zero-order valence-corrected chi connectivity index (χ0v) is 14.5. The highest BCUT2D eigenvalue weighted by molar-refractivity contribution is 9.10. The van der Waals surface area contributed by atoms with Crippen LogP contribution in [0.25, 0.3) is 5.69 Å². The van der Waals surface area contributed by atoms with Gasteiger partial charge in [0.2, 0.25) is 0 Å². The first-order chi connectivity index (χ1) is 10.6. The lowest BCUT2D eigenvalue weighted by Gasteiger charge is -2.36. The number of anilines is 1. The predicted molar refractivity (Wildman–Crippen MR) is 92.7 cm³/mol. The molecule has 116 valence electrons. The van der Waals surface area contributed by atoms with Gasteiger partial charge in [0, 0.05) is 13.1 Å². The molecule has 0 radical (unpaired) electrons. The average Bonchev–Trinajstić information content (AvgIpc) is 2.50. The molecule has 1 aromatic carbocycles. The van der Waals surface area contributed by atoms with Crippen molar-refractivity contribution in [1.29, 1.82) is 0 Å². The molecule has 1 saturated heterocycles. The molecule has 4 nitrogen and oxygen atoms in total. The van der Waals surface area contributed by atoms with Gasteiger partial charge in [-0.1, -0.05) is 32.0 Å². The minimum Gasteiger partial charge on any atom is -0.369 e.